The summed E-state index contributed by atoms with van der Waals surface area (Å²) < 4.78 is 13.2. The van der Waals surface area contributed by atoms with Gasteiger partial charge in [0.2, 0.25) is 5.91 Å². The summed E-state index contributed by atoms with van der Waals surface area (Å²) in [5.74, 6) is -0.388. The van der Waals surface area contributed by atoms with Gasteiger partial charge in [0, 0.05) is 6.54 Å². The molecule has 0 spiro atoms. The van der Waals surface area contributed by atoms with Gasteiger partial charge in [-0.05, 0) is 18.6 Å². The lowest BCUT2D eigenvalue weighted by atomic mass is 10.2. The van der Waals surface area contributed by atoms with Crippen LogP contribution in [0.1, 0.15) is 20.3 Å². The molecule has 1 atom stereocenters. The molecular formula is C12H17FN2O. The van der Waals surface area contributed by atoms with E-state index in [0.29, 0.717) is 18.7 Å². The van der Waals surface area contributed by atoms with Crippen LogP contribution in [0.15, 0.2) is 24.3 Å². The van der Waals surface area contributed by atoms with E-state index in [9.17, 15) is 9.18 Å². The molecule has 1 aliphatic rings. The minimum atomic E-state index is -0.327. The van der Waals surface area contributed by atoms with E-state index in [4.69, 9.17) is 0 Å². The van der Waals surface area contributed by atoms with Gasteiger partial charge in [-0.2, -0.15) is 0 Å². The number of para-hydroxylation sites is 1. The average molecular weight is 224 g/mol. The second-order valence-electron chi connectivity index (χ2n) is 3.26. The van der Waals surface area contributed by atoms with Crippen LogP contribution in [0.25, 0.3) is 0 Å². The maximum atomic E-state index is 13.2. The number of halogens is 1. The molecule has 0 radical (unpaired) electrons. The maximum absolute atomic E-state index is 13.2. The minimum absolute atomic E-state index is 0.0618. The number of carbonyl (C=O) groups excluding carboxylic acids is 1. The lowest BCUT2D eigenvalue weighted by molar-refractivity contribution is -0.119. The van der Waals surface area contributed by atoms with E-state index in [0.717, 1.165) is 0 Å². The normalized spacial score (nSPS) is 18.4. The Morgan fingerprint density at radius 3 is 2.62 bits per heavy atom. The Bertz CT molecular complexity index is 355. The highest BCUT2D eigenvalue weighted by molar-refractivity contribution is 5.86. The van der Waals surface area contributed by atoms with Crippen molar-refractivity contribution in [2.75, 3.05) is 11.9 Å². The Morgan fingerprint density at radius 1 is 1.38 bits per heavy atom. The van der Waals surface area contributed by atoms with Gasteiger partial charge in [0.05, 0.1) is 5.69 Å². The Morgan fingerprint density at radius 2 is 2.06 bits per heavy atom. The van der Waals surface area contributed by atoms with Crippen molar-refractivity contribution in [3.8, 4) is 0 Å². The third kappa shape index (κ3) is 2.95. The zero-order valence-corrected chi connectivity index (χ0v) is 9.59. The first-order valence-corrected chi connectivity index (χ1v) is 5.56. The largest absolute Gasteiger partial charge is 0.371 e. The van der Waals surface area contributed by atoms with Crippen molar-refractivity contribution in [3.05, 3.63) is 30.1 Å². The summed E-state index contributed by atoms with van der Waals surface area (Å²) in [4.78, 5) is 11.2. The molecule has 1 aromatic carbocycles. The number of hydrogen-bond acceptors (Lipinski definition) is 2. The predicted octanol–water partition coefficient (Wildman–Crippen LogP) is 2.15. The Hall–Kier alpha value is -1.58. The van der Waals surface area contributed by atoms with Crippen LogP contribution in [0.4, 0.5) is 10.1 Å². The highest BCUT2D eigenvalue weighted by Gasteiger charge is 2.24. The second kappa shape index (κ2) is 6.10. The molecule has 16 heavy (non-hydrogen) atoms. The molecule has 1 unspecified atom stereocenters. The van der Waals surface area contributed by atoms with Crippen molar-refractivity contribution < 1.29 is 9.18 Å². The van der Waals surface area contributed by atoms with Gasteiger partial charge < -0.3 is 10.6 Å². The molecule has 1 aliphatic heterocycles. The molecule has 4 heteroatoms. The lowest BCUT2D eigenvalue weighted by Gasteiger charge is -2.11. The fourth-order valence-corrected chi connectivity index (χ4v) is 1.50. The molecule has 1 amide bonds. The van der Waals surface area contributed by atoms with Gasteiger partial charge in [0.15, 0.2) is 0 Å². The molecule has 2 N–H and O–H groups in total. The molecule has 1 aromatic rings. The summed E-state index contributed by atoms with van der Waals surface area (Å²) in [5, 5.41) is 5.56. The molecule has 0 aliphatic carbocycles. The predicted molar refractivity (Wildman–Crippen MR) is 62.8 cm³/mol. The molecule has 2 rings (SSSR count). The molecular weight excluding hydrogens is 207 g/mol. The van der Waals surface area contributed by atoms with Crippen molar-refractivity contribution in [2.45, 2.75) is 26.3 Å². The third-order valence-corrected chi connectivity index (χ3v) is 2.25. The van der Waals surface area contributed by atoms with Crippen LogP contribution in [-0.4, -0.2) is 18.5 Å². The Labute approximate surface area is 95.0 Å². The number of benzene rings is 1. The summed E-state index contributed by atoms with van der Waals surface area (Å²) in [6.07, 6.45) is 0.702. The van der Waals surface area contributed by atoms with Crippen LogP contribution in [0.5, 0.6) is 0 Å². The highest BCUT2D eigenvalue weighted by atomic mass is 19.1. The summed E-state index contributed by atoms with van der Waals surface area (Å²) in [5.41, 5.74) is 0.384. The van der Waals surface area contributed by atoms with Crippen molar-refractivity contribution >= 4 is 11.6 Å². The van der Waals surface area contributed by atoms with Gasteiger partial charge >= 0.3 is 0 Å². The van der Waals surface area contributed by atoms with Crippen LogP contribution >= 0.6 is 0 Å². The van der Waals surface area contributed by atoms with Crippen molar-refractivity contribution in [2.24, 2.45) is 0 Å². The van der Waals surface area contributed by atoms with Gasteiger partial charge in [-0.15, -0.1) is 0 Å². The van der Waals surface area contributed by atoms with E-state index < -0.39 is 0 Å². The Balaban J connectivity index is 0.000000606. The zero-order chi connectivity index (χ0) is 12.0. The fraction of sp³-hybridized carbons (Fsp3) is 0.417. The topological polar surface area (TPSA) is 41.1 Å². The van der Waals surface area contributed by atoms with Crippen molar-refractivity contribution in [1.29, 1.82) is 0 Å². The average Bonchev–Trinajstić information content (AvgIpc) is 2.71. The third-order valence-electron chi connectivity index (χ3n) is 2.25. The summed E-state index contributed by atoms with van der Waals surface area (Å²) in [6, 6.07) is 6.05. The minimum Gasteiger partial charge on any atom is -0.371 e. The standard InChI is InChI=1S/C10H11FN2O.C2H6/c11-7-3-1-2-4-8(7)13-9-5-6-12-10(9)14;1-2/h1-4,9,13H,5-6H2,(H,12,14);1-2H3. The summed E-state index contributed by atoms with van der Waals surface area (Å²) in [6.45, 7) is 4.66. The fourth-order valence-electron chi connectivity index (χ4n) is 1.50. The monoisotopic (exact) mass is 224 g/mol. The van der Waals surface area contributed by atoms with Crippen molar-refractivity contribution in [3.63, 3.8) is 0 Å². The highest BCUT2D eigenvalue weighted by Crippen LogP contribution is 2.15. The first kappa shape index (κ1) is 12.5. The van der Waals surface area contributed by atoms with Gasteiger partial charge in [-0.1, -0.05) is 26.0 Å². The Kier molecular flexibility index (Phi) is 4.76. The quantitative estimate of drug-likeness (QED) is 0.808. The van der Waals surface area contributed by atoms with Gasteiger partial charge in [0.1, 0.15) is 11.9 Å². The smallest absolute Gasteiger partial charge is 0.242 e. The number of anilines is 1. The van der Waals surface area contributed by atoms with E-state index in [1.165, 1.54) is 6.07 Å². The van der Waals surface area contributed by atoms with E-state index in [1.54, 1.807) is 18.2 Å². The van der Waals surface area contributed by atoms with Gasteiger partial charge in [0.25, 0.3) is 0 Å². The number of carbonyl (C=O) groups is 1. The van der Waals surface area contributed by atoms with Gasteiger partial charge in [-0.25, -0.2) is 4.39 Å². The molecule has 88 valence electrons. The molecule has 1 heterocycles. The van der Waals surface area contributed by atoms with E-state index in [1.807, 2.05) is 13.8 Å². The second-order valence-corrected chi connectivity index (χ2v) is 3.26. The van der Waals surface area contributed by atoms with Crippen LogP contribution in [0.3, 0.4) is 0 Å². The van der Waals surface area contributed by atoms with E-state index in [2.05, 4.69) is 10.6 Å². The molecule has 0 aromatic heterocycles. The number of rotatable bonds is 2. The van der Waals surface area contributed by atoms with E-state index in [-0.39, 0.29) is 17.8 Å². The molecule has 1 fully saturated rings. The SMILES string of the molecule is CC.O=C1NCCC1Nc1ccccc1F. The molecule has 0 saturated carbocycles. The van der Waals surface area contributed by atoms with Crippen LogP contribution in [-0.2, 0) is 4.79 Å². The van der Waals surface area contributed by atoms with Crippen LogP contribution < -0.4 is 10.6 Å². The van der Waals surface area contributed by atoms with Crippen LogP contribution in [0, 0.1) is 5.82 Å². The first-order chi connectivity index (χ1) is 7.77. The number of amides is 1. The van der Waals surface area contributed by atoms with E-state index >= 15 is 0 Å². The maximum Gasteiger partial charge on any atom is 0.242 e. The first-order valence-electron chi connectivity index (χ1n) is 5.56. The molecule has 3 nitrogen and oxygen atoms in total. The van der Waals surface area contributed by atoms with Gasteiger partial charge in [-0.3, -0.25) is 4.79 Å². The molecule has 1 saturated heterocycles. The lowest BCUT2D eigenvalue weighted by Crippen LogP contribution is -2.29. The van der Waals surface area contributed by atoms with Crippen molar-refractivity contribution in [1.82, 2.24) is 5.32 Å². The summed E-state index contributed by atoms with van der Waals surface area (Å²) in [7, 11) is 0. The zero-order valence-electron chi connectivity index (χ0n) is 9.59. The number of hydrogen-bond donors (Lipinski definition) is 2. The van der Waals surface area contributed by atoms with Crippen LogP contribution in [0.2, 0.25) is 0 Å². The number of nitrogens with one attached hydrogen (secondary N) is 2. The summed E-state index contributed by atoms with van der Waals surface area (Å²) >= 11 is 0. The molecule has 0 bridgehead atoms.